The zero-order valence-electron chi connectivity index (χ0n) is 12.0. The Kier molecular flexibility index (Phi) is 3.79. The summed E-state index contributed by atoms with van der Waals surface area (Å²) in [5.41, 5.74) is 1.56. The van der Waals surface area contributed by atoms with Gasteiger partial charge in [0.15, 0.2) is 0 Å². The smallest absolute Gasteiger partial charge is 0.394 e. The van der Waals surface area contributed by atoms with Gasteiger partial charge in [-0.2, -0.15) is 5.26 Å². The van der Waals surface area contributed by atoms with E-state index in [-0.39, 0.29) is 18.6 Å². The van der Waals surface area contributed by atoms with Crippen LogP contribution in [0.3, 0.4) is 0 Å². The van der Waals surface area contributed by atoms with Crippen LogP contribution in [-0.2, 0) is 4.74 Å². The first kappa shape index (κ1) is 14.1. The third-order valence-electron chi connectivity index (χ3n) is 3.16. The summed E-state index contributed by atoms with van der Waals surface area (Å²) in [4.78, 5) is 15.8. The quantitative estimate of drug-likeness (QED) is 0.789. The lowest BCUT2D eigenvalue weighted by Gasteiger charge is -2.09. The lowest BCUT2D eigenvalue weighted by atomic mass is 10.1. The van der Waals surface area contributed by atoms with Crippen LogP contribution in [0.25, 0.3) is 11.3 Å². The maximum atomic E-state index is 11.6. The van der Waals surface area contributed by atoms with Gasteiger partial charge in [0.1, 0.15) is 17.7 Å². The van der Waals surface area contributed by atoms with Gasteiger partial charge in [0.2, 0.25) is 0 Å². The maximum Gasteiger partial charge on any atom is 0.394 e. The number of hydrogen-bond acceptors (Lipinski definition) is 6. The van der Waals surface area contributed by atoms with E-state index >= 15 is 0 Å². The van der Waals surface area contributed by atoms with Gasteiger partial charge in [-0.05, 0) is 38.0 Å². The number of benzene rings is 1. The fraction of sp³-hybridized carbons (Fsp3) is 0.312. The third kappa shape index (κ3) is 2.93. The summed E-state index contributed by atoms with van der Waals surface area (Å²) in [5, 5.41) is 9.05. The van der Waals surface area contributed by atoms with Crippen LogP contribution in [0.5, 0.6) is 5.75 Å². The molecule has 0 saturated heterocycles. The topological polar surface area (TPSA) is 85.3 Å². The van der Waals surface area contributed by atoms with E-state index in [1.165, 1.54) is 6.26 Å². The Bertz CT molecular complexity index is 741. The molecule has 1 saturated carbocycles. The van der Waals surface area contributed by atoms with Gasteiger partial charge in [0.05, 0.1) is 24.3 Å². The minimum atomic E-state index is -0.616. The number of carbonyl (C=O) groups excluding carboxylic acids is 1. The molecule has 1 aromatic carbocycles. The predicted octanol–water partition coefficient (Wildman–Crippen LogP) is 2.93. The summed E-state index contributed by atoms with van der Waals surface area (Å²) < 4.78 is 15.8. The van der Waals surface area contributed by atoms with E-state index < -0.39 is 5.97 Å². The summed E-state index contributed by atoms with van der Waals surface area (Å²) >= 11 is 0. The largest absolute Gasteiger partial charge is 0.490 e. The van der Waals surface area contributed by atoms with E-state index in [0.717, 1.165) is 12.8 Å². The van der Waals surface area contributed by atoms with Crippen LogP contribution in [0.4, 0.5) is 0 Å². The molecule has 1 heterocycles. The molecule has 3 rings (SSSR count). The van der Waals surface area contributed by atoms with Crippen molar-refractivity contribution in [2.75, 3.05) is 6.61 Å². The van der Waals surface area contributed by atoms with E-state index in [1.807, 2.05) is 0 Å². The number of oxazole rings is 1. The van der Waals surface area contributed by atoms with Crippen molar-refractivity contribution in [3.05, 3.63) is 35.9 Å². The van der Waals surface area contributed by atoms with Gasteiger partial charge in [0, 0.05) is 5.56 Å². The molecule has 0 spiro atoms. The molecule has 1 aliphatic carbocycles. The lowest BCUT2D eigenvalue weighted by Crippen LogP contribution is -2.04. The average Bonchev–Trinajstić information content (AvgIpc) is 3.20. The molecule has 0 amide bonds. The van der Waals surface area contributed by atoms with Gasteiger partial charge >= 0.3 is 11.9 Å². The van der Waals surface area contributed by atoms with Crippen LogP contribution < -0.4 is 4.74 Å². The summed E-state index contributed by atoms with van der Waals surface area (Å²) in [6.07, 6.45) is 3.62. The third-order valence-corrected chi connectivity index (χ3v) is 3.16. The van der Waals surface area contributed by atoms with Crippen molar-refractivity contribution in [3.63, 3.8) is 0 Å². The molecule has 0 unspecified atom stereocenters. The van der Waals surface area contributed by atoms with Gasteiger partial charge in [-0.3, -0.25) is 0 Å². The number of nitrogens with zero attached hydrogens (tertiary/aromatic N) is 2. The molecule has 1 fully saturated rings. The fourth-order valence-electron chi connectivity index (χ4n) is 1.95. The Labute approximate surface area is 127 Å². The molecule has 1 aliphatic rings. The summed E-state index contributed by atoms with van der Waals surface area (Å²) in [5.74, 6) is -0.100. The molecule has 0 radical (unpaired) electrons. The second kappa shape index (κ2) is 5.90. The maximum absolute atomic E-state index is 11.6. The van der Waals surface area contributed by atoms with Gasteiger partial charge in [-0.25, -0.2) is 9.78 Å². The predicted molar refractivity (Wildman–Crippen MR) is 76.3 cm³/mol. The van der Waals surface area contributed by atoms with Gasteiger partial charge < -0.3 is 13.9 Å². The highest BCUT2D eigenvalue weighted by molar-refractivity contribution is 5.85. The van der Waals surface area contributed by atoms with Crippen molar-refractivity contribution in [1.29, 1.82) is 5.26 Å². The van der Waals surface area contributed by atoms with Crippen molar-refractivity contribution < 1.29 is 18.7 Å². The molecular formula is C16H14N2O4. The number of nitriles is 1. The van der Waals surface area contributed by atoms with Crippen LogP contribution >= 0.6 is 0 Å². The Hall–Kier alpha value is -2.81. The van der Waals surface area contributed by atoms with Crippen molar-refractivity contribution >= 4 is 5.97 Å². The molecule has 2 aromatic rings. The molecule has 0 bridgehead atoms. The number of rotatable bonds is 5. The first-order chi connectivity index (χ1) is 10.7. The van der Waals surface area contributed by atoms with Crippen molar-refractivity contribution in [1.82, 2.24) is 4.98 Å². The molecule has 6 heteroatoms. The number of aromatic nitrogens is 1. The number of hydrogen-bond donors (Lipinski definition) is 0. The molecule has 1 aromatic heterocycles. The van der Waals surface area contributed by atoms with Crippen LogP contribution in [0, 0.1) is 11.3 Å². The molecule has 112 valence electrons. The highest BCUT2D eigenvalue weighted by atomic mass is 16.5. The monoisotopic (exact) mass is 298 g/mol. The Balaban J connectivity index is 1.95. The summed E-state index contributed by atoms with van der Waals surface area (Å²) in [7, 11) is 0. The summed E-state index contributed by atoms with van der Waals surface area (Å²) in [6.45, 7) is 1.95. The fourth-order valence-corrected chi connectivity index (χ4v) is 1.95. The standard InChI is InChI=1S/C16H14N2O4/c1-2-20-16(19)15-18-13(9-21-15)12-7-10(8-17)3-6-14(12)22-11-4-5-11/h3,6-7,9,11H,2,4-5H2,1H3. The van der Waals surface area contributed by atoms with Gasteiger partial charge in [-0.15, -0.1) is 0 Å². The van der Waals surface area contributed by atoms with Gasteiger partial charge in [-0.1, -0.05) is 0 Å². The van der Waals surface area contributed by atoms with E-state index in [4.69, 9.17) is 19.2 Å². The van der Waals surface area contributed by atoms with E-state index in [9.17, 15) is 4.79 Å². The number of carbonyl (C=O) groups is 1. The molecule has 0 N–H and O–H groups in total. The minimum Gasteiger partial charge on any atom is -0.490 e. The Morgan fingerprint density at radius 2 is 2.32 bits per heavy atom. The van der Waals surface area contributed by atoms with Crippen LogP contribution in [0.2, 0.25) is 0 Å². The van der Waals surface area contributed by atoms with Crippen LogP contribution in [-0.4, -0.2) is 23.7 Å². The highest BCUT2D eigenvalue weighted by Crippen LogP contribution is 2.35. The Morgan fingerprint density at radius 1 is 1.50 bits per heavy atom. The van der Waals surface area contributed by atoms with E-state index in [2.05, 4.69) is 11.1 Å². The molecule has 0 atom stereocenters. The van der Waals surface area contributed by atoms with E-state index in [0.29, 0.717) is 22.6 Å². The first-order valence-electron chi connectivity index (χ1n) is 7.05. The number of ether oxygens (including phenoxy) is 2. The Morgan fingerprint density at radius 3 is 3.00 bits per heavy atom. The second-order valence-corrected chi connectivity index (χ2v) is 4.90. The molecule has 0 aliphatic heterocycles. The zero-order valence-corrected chi connectivity index (χ0v) is 12.0. The van der Waals surface area contributed by atoms with Crippen LogP contribution in [0.15, 0.2) is 28.9 Å². The average molecular weight is 298 g/mol. The van der Waals surface area contributed by atoms with Gasteiger partial charge in [0.25, 0.3) is 0 Å². The second-order valence-electron chi connectivity index (χ2n) is 4.90. The minimum absolute atomic E-state index is 0.114. The summed E-state index contributed by atoms with van der Waals surface area (Å²) in [6, 6.07) is 7.18. The normalized spacial score (nSPS) is 13.5. The van der Waals surface area contributed by atoms with Crippen molar-refractivity contribution in [2.45, 2.75) is 25.9 Å². The lowest BCUT2D eigenvalue weighted by molar-refractivity contribution is 0.0481. The van der Waals surface area contributed by atoms with Crippen molar-refractivity contribution in [2.24, 2.45) is 0 Å². The number of esters is 1. The first-order valence-corrected chi connectivity index (χ1v) is 7.05. The van der Waals surface area contributed by atoms with E-state index in [1.54, 1.807) is 25.1 Å². The van der Waals surface area contributed by atoms with Crippen LogP contribution in [0.1, 0.15) is 36.0 Å². The van der Waals surface area contributed by atoms with Crippen molar-refractivity contribution in [3.8, 4) is 23.1 Å². The SMILES string of the molecule is CCOC(=O)c1nc(-c2cc(C#N)ccc2OC2CC2)co1. The highest BCUT2D eigenvalue weighted by Gasteiger charge is 2.26. The molecule has 6 nitrogen and oxygen atoms in total. The molecule has 22 heavy (non-hydrogen) atoms. The molecular weight excluding hydrogens is 284 g/mol. The zero-order chi connectivity index (χ0) is 15.5.